The van der Waals surface area contributed by atoms with Crippen LogP contribution in [0.2, 0.25) is 0 Å². The summed E-state index contributed by atoms with van der Waals surface area (Å²) in [5.41, 5.74) is -1.09. The van der Waals surface area contributed by atoms with E-state index in [9.17, 15) is 22.7 Å². The summed E-state index contributed by atoms with van der Waals surface area (Å²) in [5.74, 6) is 0.807. The number of pyridine rings is 1. The molecule has 0 aliphatic carbocycles. The van der Waals surface area contributed by atoms with Crippen LogP contribution in [0.25, 0.3) is 17.0 Å². The molecule has 2 saturated heterocycles. The number of hydrogen-bond acceptors (Lipinski definition) is 7. The molecule has 0 spiro atoms. The van der Waals surface area contributed by atoms with Gasteiger partial charge in [0, 0.05) is 26.1 Å². The maximum absolute atomic E-state index is 13.9. The van der Waals surface area contributed by atoms with Gasteiger partial charge in [-0.05, 0) is 12.1 Å². The lowest BCUT2D eigenvalue weighted by Gasteiger charge is -2.26. The van der Waals surface area contributed by atoms with Crippen LogP contribution in [0.15, 0.2) is 36.8 Å². The van der Waals surface area contributed by atoms with E-state index in [1.807, 2.05) is 0 Å². The van der Waals surface area contributed by atoms with Gasteiger partial charge in [-0.2, -0.15) is 13.2 Å². The van der Waals surface area contributed by atoms with Crippen LogP contribution in [0, 0.1) is 0 Å². The van der Waals surface area contributed by atoms with Gasteiger partial charge >= 0.3 is 6.18 Å². The van der Waals surface area contributed by atoms with Crippen molar-refractivity contribution in [3.8, 4) is 11.4 Å². The fraction of sp³-hybridized carbons (Fsp3) is 0.450. The Morgan fingerprint density at radius 1 is 1.19 bits per heavy atom. The molecule has 3 N–H and O–H groups in total. The van der Waals surface area contributed by atoms with Gasteiger partial charge in [-0.3, -0.25) is 4.40 Å². The van der Waals surface area contributed by atoms with Crippen LogP contribution in [-0.4, -0.2) is 74.6 Å². The number of fused-ring (bicyclic) bond motifs is 1. The van der Waals surface area contributed by atoms with E-state index in [1.54, 1.807) is 35.0 Å². The molecule has 0 radical (unpaired) electrons. The lowest BCUT2D eigenvalue weighted by Crippen LogP contribution is -2.47. The molecule has 2 aliphatic rings. The first-order valence-electron chi connectivity index (χ1n) is 10.2. The van der Waals surface area contributed by atoms with Crippen molar-refractivity contribution < 1.29 is 22.7 Å². The van der Waals surface area contributed by atoms with Gasteiger partial charge in [0.1, 0.15) is 17.8 Å². The zero-order valence-corrected chi connectivity index (χ0v) is 16.8. The molecule has 3 aromatic rings. The first-order chi connectivity index (χ1) is 15.2. The van der Waals surface area contributed by atoms with E-state index in [1.165, 1.54) is 11.1 Å². The molecule has 3 unspecified atom stereocenters. The molecule has 0 aromatic carbocycles. The Morgan fingerprint density at radius 2 is 2.03 bits per heavy atom. The van der Waals surface area contributed by atoms with Gasteiger partial charge in [-0.15, -0.1) is 0 Å². The number of β-amino-alcohol motifs (C(OH)–C–C–N with tert-alkyl or cyclic N) is 1. The number of aliphatic hydroxyl groups is 1. The highest BCUT2D eigenvalue weighted by atomic mass is 19.4. The van der Waals surface area contributed by atoms with E-state index in [4.69, 9.17) is 0 Å². The van der Waals surface area contributed by atoms with Crippen molar-refractivity contribution in [3.05, 3.63) is 36.8 Å². The Hall–Kier alpha value is -2.99. The smallest absolute Gasteiger partial charge is 0.379 e. The molecule has 5 heterocycles. The Balaban J connectivity index is 1.43. The fourth-order valence-corrected chi connectivity index (χ4v) is 4.09. The zero-order chi connectivity index (χ0) is 22.5. The predicted molar refractivity (Wildman–Crippen MR) is 109 cm³/mol. The molecular weight excluding hydrogens is 430 g/mol. The highest BCUT2D eigenvalue weighted by molar-refractivity contribution is 5.63. The van der Waals surface area contributed by atoms with Gasteiger partial charge in [-0.25, -0.2) is 19.3 Å². The van der Waals surface area contributed by atoms with Gasteiger partial charge in [0.25, 0.3) is 0 Å². The fourth-order valence-electron chi connectivity index (χ4n) is 4.09. The molecular formula is C20H21F4N7O. The SMILES string of the molecule is OC1(C(F)(F)F)CCN(c2cn3c(-c4cccc(NC5CNCC5F)n4)cnc3cn2)C1. The normalized spacial score (nSPS) is 26.2. The van der Waals surface area contributed by atoms with Gasteiger partial charge < -0.3 is 20.6 Å². The molecule has 0 saturated carbocycles. The van der Waals surface area contributed by atoms with E-state index in [0.29, 0.717) is 41.8 Å². The summed E-state index contributed by atoms with van der Waals surface area (Å²) in [5, 5.41) is 16.0. The Kier molecular flexibility index (Phi) is 4.93. The Bertz CT molecular complexity index is 1140. The van der Waals surface area contributed by atoms with Crippen molar-refractivity contribution in [3.63, 3.8) is 0 Å². The highest BCUT2D eigenvalue weighted by Crippen LogP contribution is 2.39. The van der Waals surface area contributed by atoms with Crippen LogP contribution in [0.4, 0.5) is 29.2 Å². The quantitative estimate of drug-likeness (QED) is 0.523. The van der Waals surface area contributed by atoms with Crippen LogP contribution in [-0.2, 0) is 0 Å². The van der Waals surface area contributed by atoms with Crippen molar-refractivity contribution in [2.45, 2.75) is 30.4 Å². The Morgan fingerprint density at radius 3 is 2.75 bits per heavy atom. The standard InChI is InChI=1S/C20H21F4N7O/c21-12-6-25-7-14(12)29-16-3-1-2-13(28-16)15-8-26-17-9-27-18(10-31(15)17)30-5-4-19(32,11-30)20(22,23)24/h1-3,8-10,12,14,25,32H,4-7,11H2,(H,28,29). The molecule has 0 bridgehead atoms. The number of rotatable bonds is 4. The third-order valence-corrected chi connectivity index (χ3v) is 5.97. The number of halogens is 4. The van der Waals surface area contributed by atoms with E-state index in [0.717, 1.165) is 0 Å². The number of aromatic nitrogens is 4. The first-order valence-corrected chi connectivity index (χ1v) is 10.2. The minimum Gasteiger partial charge on any atom is -0.379 e. The monoisotopic (exact) mass is 451 g/mol. The van der Waals surface area contributed by atoms with Crippen LogP contribution >= 0.6 is 0 Å². The molecule has 5 rings (SSSR count). The summed E-state index contributed by atoms with van der Waals surface area (Å²) in [6, 6.07) is 4.92. The van der Waals surface area contributed by atoms with E-state index < -0.39 is 30.9 Å². The topological polar surface area (TPSA) is 90.6 Å². The molecule has 32 heavy (non-hydrogen) atoms. The maximum Gasteiger partial charge on any atom is 0.418 e. The molecule has 2 fully saturated rings. The van der Waals surface area contributed by atoms with Crippen molar-refractivity contribution in [1.29, 1.82) is 0 Å². The molecule has 3 aromatic heterocycles. The number of hydrogen-bond donors (Lipinski definition) is 3. The number of nitrogens with zero attached hydrogens (tertiary/aromatic N) is 5. The summed E-state index contributed by atoms with van der Waals surface area (Å²) in [4.78, 5) is 14.5. The minimum absolute atomic E-state index is 0.0238. The van der Waals surface area contributed by atoms with Crippen molar-refractivity contribution in [2.75, 3.05) is 36.4 Å². The molecule has 3 atom stereocenters. The summed E-state index contributed by atoms with van der Waals surface area (Å²) < 4.78 is 55.1. The number of nitrogens with one attached hydrogen (secondary N) is 2. The van der Waals surface area contributed by atoms with Crippen molar-refractivity contribution in [1.82, 2.24) is 24.7 Å². The van der Waals surface area contributed by atoms with Crippen molar-refractivity contribution >= 4 is 17.3 Å². The molecule has 12 heteroatoms. The van der Waals surface area contributed by atoms with E-state index in [-0.39, 0.29) is 12.6 Å². The van der Waals surface area contributed by atoms with Crippen LogP contribution < -0.4 is 15.5 Å². The molecule has 2 aliphatic heterocycles. The Labute approximate surface area is 180 Å². The van der Waals surface area contributed by atoms with E-state index >= 15 is 0 Å². The number of anilines is 2. The van der Waals surface area contributed by atoms with Crippen LogP contribution in [0.1, 0.15) is 6.42 Å². The summed E-state index contributed by atoms with van der Waals surface area (Å²) >= 11 is 0. The average molecular weight is 451 g/mol. The second-order valence-corrected chi connectivity index (χ2v) is 8.15. The number of imidazole rings is 1. The van der Waals surface area contributed by atoms with Crippen LogP contribution in [0.5, 0.6) is 0 Å². The maximum atomic E-state index is 13.9. The van der Waals surface area contributed by atoms with Gasteiger partial charge in [-0.1, -0.05) is 6.07 Å². The summed E-state index contributed by atoms with van der Waals surface area (Å²) in [7, 11) is 0. The second kappa shape index (κ2) is 7.55. The zero-order valence-electron chi connectivity index (χ0n) is 16.8. The van der Waals surface area contributed by atoms with E-state index in [2.05, 4.69) is 25.6 Å². The lowest BCUT2D eigenvalue weighted by atomic mass is 10.0. The molecule has 170 valence electrons. The summed E-state index contributed by atoms with van der Waals surface area (Å²) in [6.07, 6.45) is -1.51. The molecule has 0 amide bonds. The predicted octanol–water partition coefficient (Wildman–Crippen LogP) is 2.02. The average Bonchev–Trinajstić information content (AvgIpc) is 3.47. The number of alkyl halides is 4. The minimum atomic E-state index is -4.71. The lowest BCUT2D eigenvalue weighted by molar-refractivity contribution is -0.250. The second-order valence-electron chi connectivity index (χ2n) is 8.15. The third-order valence-electron chi connectivity index (χ3n) is 5.97. The van der Waals surface area contributed by atoms with Gasteiger partial charge in [0.05, 0.1) is 42.6 Å². The first kappa shape index (κ1) is 20.9. The van der Waals surface area contributed by atoms with Crippen LogP contribution in [0.3, 0.4) is 0 Å². The highest BCUT2D eigenvalue weighted by Gasteiger charge is 2.57. The van der Waals surface area contributed by atoms with Crippen molar-refractivity contribution in [2.24, 2.45) is 0 Å². The third kappa shape index (κ3) is 3.62. The largest absolute Gasteiger partial charge is 0.418 e. The van der Waals surface area contributed by atoms with Gasteiger partial charge in [0.2, 0.25) is 0 Å². The van der Waals surface area contributed by atoms with Gasteiger partial charge in [0.15, 0.2) is 11.2 Å². The summed E-state index contributed by atoms with van der Waals surface area (Å²) in [6.45, 7) is 0.227. The molecule has 8 nitrogen and oxygen atoms in total.